The number of aryl methyl sites for hydroxylation is 2. The van der Waals surface area contributed by atoms with Crippen molar-refractivity contribution in [2.75, 3.05) is 25.6 Å². The predicted octanol–water partition coefficient (Wildman–Crippen LogP) is 4.09. The summed E-state index contributed by atoms with van der Waals surface area (Å²) in [5, 5.41) is 14.3. The van der Waals surface area contributed by atoms with E-state index >= 15 is 0 Å². The summed E-state index contributed by atoms with van der Waals surface area (Å²) in [6.07, 6.45) is 1.08. The number of hydrogen-bond donors (Lipinski definition) is 2. The highest BCUT2D eigenvalue weighted by atomic mass is 35.5. The van der Waals surface area contributed by atoms with E-state index in [0.29, 0.717) is 57.6 Å². The van der Waals surface area contributed by atoms with E-state index in [-0.39, 0.29) is 18.5 Å². The average Bonchev–Trinajstić information content (AvgIpc) is 3.22. The van der Waals surface area contributed by atoms with E-state index in [0.717, 1.165) is 11.1 Å². The molecule has 2 atom stereocenters. The summed E-state index contributed by atoms with van der Waals surface area (Å²) in [4.78, 5) is 25.7. The molecule has 198 valence electrons. The number of carbonyl (C=O) groups is 2. The van der Waals surface area contributed by atoms with E-state index in [1.807, 2.05) is 13.0 Å². The van der Waals surface area contributed by atoms with E-state index in [1.54, 1.807) is 41.9 Å². The zero-order valence-corrected chi connectivity index (χ0v) is 22.8. The maximum atomic E-state index is 13.1. The number of halogens is 2. The van der Waals surface area contributed by atoms with Gasteiger partial charge in [-0.25, -0.2) is 0 Å². The zero-order chi connectivity index (χ0) is 26.7. The number of aliphatic hydroxyl groups excluding tert-OH is 1. The molecule has 1 fully saturated rings. The Kier molecular flexibility index (Phi) is 8.92. The molecule has 1 saturated heterocycles. The number of nitrogens with one attached hydrogen (secondary N) is 1. The van der Waals surface area contributed by atoms with Gasteiger partial charge in [-0.05, 0) is 42.3 Å². The van der Waals surface area contributed by atoms with Crippen LogP contribution < -0.4 is 5.32 Å². The Morgan fingerprint density at radius 2 is 1.86 bits per heavy atom. The fourth-order valence-corrected chi connectivity index (χ4v) is 5.61. The maximum absolute atomic E-state index is 13.1. The molecule has 1 aliphatic heterocycles. The molecule has 0 radical (unpaired) electrons. The van der Waals surface area contributed by atoms with Gasteiger partial charge in [0, 0.05) is 30.2 Å². The Hall–Kier alpha value is -2.43. The minimum atomic E-state index is -1.58. The van der Waals surface area contributed by atoms with E-state index in [4.69, 9.17) is 32.7 Å². The van der Waals surface area contributed by atoms with Crippen LogP contribution >= 0.6 is 23.2 Å². The minimum Gasteiger partial charge on any atom is -0.461 e. The lowest BCUT2D eigenvalue weighted by Crippen LogP contribution is -2.32. The molecule has 3 aromatic rings. The molecular weight excluding hydrogens is 539 g/mol. The summed E-state index contributed by atoms with van der Waals surface area (Å²) in [5.41, 5.74) is 2.55. The maximum Gasteiger partial charge on any atom is 0.319 e. The number of nitrogens with zero attached hydrogens (tertiary/aromatic N) is 1. The van der Waals surface area contributed by atoms with Crippen LogP contribution in [0, 0.1) is 6.92 Å². The molecule has 8 nitrogen and oxygen atoms in total. The Balaban J connectivity index is 1.42. The van der Waals surface area contributed by atoms with Gasteiger partial charge in [0.05, 0.1) is 52.2 Å². The van der Waals surface area contributed by atoms with Crippen molar-refractivity contribution in [3.8, 4) is 0 Å². The van der Waals surface area contributed by atoms with Gasteiger partial charge in [0.15, 0.2) is 0 Å². The van der Waals surface area contributed by atoms with Crippen molar-refractivity contribution in [2.24, 2.45) is 7.05 Å². The third kappa shape index (κ3) is 6.18. The smallest absolute Gasteiger partial charge is 0.319 e. The Bertz CT molecular complexity index is 1340. The monoisotopic (exact) mass is 566 g/mol. The fraction of sp³-hybridized carbons (Fsp3) is 0.385. The SMILES string of the molecule is Cc1cc2c(cc(C(=O)NC(CO)c3ccc([S@](=O)CC(=O)OC4CCOCC4)cc3)n2C)c(Cl)c1Cl. The number of ether oxygens (including phenoxy) is 2. The average molecular weight is 567 g/mol. The van der Waals surface area contributed by atoms with E-state index in [9.17, 15) is 18.9 Å². The van der Waals surface area contributed by atoms with Crippen molar-refractivity contribution in [1.29, 1.82) is 0 Å². The molecule has 0 aliphatic carbocycles. The molecule has 2 heterocycles. The number of aliphatic hydroxyl groups is 1. The quantitative estimate of drug-likeness (QED) is 0.398. The molecule has 0 bridgehead atoms. The zero-order valence-electron chi connectivity index (χ0n) is 20.5. The second-order valence-electron chi connectivity index (χ2n) is 8.91. The predicted molar refractivity (Wildman–Crippen MR) is 143 cm³/mol. The van der Waals surface area contributed by atoms with Crippen molar-refractivity contribution in [2.45, 2.75) is 36.8 Å². The summed E-state index contributed by atoms with van der Waals surface area (Å²) < 4.78 is 25.0. The lowest BCUT2D eigenvalue weighted by Gasteiger charge is -2.22. The number of aromatic nitrogens is 1. The van der Waals surface area contributed by atoms with Gasteiger partial charge >= 0.3 is 5.97 Å². The van der Waals surface area contributed by atoms with Crippen LogP contribution in [-0.4, -0.2) is 57.4 Å². The number of fused-ring (bicyclic) bond motifs is 1. The van der Waals surface area contributed by atoms with Gasteiger partial charge in [-0.1, -0.05) is 35.3 Å². The van der Waals surface area contributed by atoms with Crippen LogP contribution in [0.25, 0.3) is 10.9 Å². The highest BCUT2D eigenvalue weighted by molar-refractivity contribution is 7.85. The highest BCUT2D eigenvalue weighted by Crippen LogP contribution is 2.35. The van der Waals surface area contributed by atoms with E-state index in [2.05, 4.69) is 5.32 Å². The molecule has 2 aromatic carbocycles. The summed E-state index contributed by atoms with van der Waals surface area (Å²) in [7, 11) is 0.174. The fourth-order valence-electron chi connectivity index (χ4n) is 4.27. The summed E-state index contributed by atoms with van der Waals surface area (Å²) in [5.74, 6) is -1.16. The van der Waals surface area contributed by atoms with Gasteiger partial charge in [0.1, 0.15) is 17.6 Å². The van der Waals surface area contributed by atoms with E-state index < -0.39 is 28.7 Å². The normalized spacial score (nSPS) is 15.9. The third-order valence-electron chi connectivity index (χ3n) is 6.39. The van der Waals surface area contributed by atoms with Crippen LogP contribution in [0.5, 0.6) is 0 Å². The van der Waals surface area contributed by atoms with Crippen molar-refractivity contribution in [3.05, 3.63) is 63.3 Å². The number of carbonyl (C=O) groups excluding carboxylic acids is 2. The van der Waals surface area contributed by atoms with Crippen molar-refractivity contribution in [3.63, 3.8) is 0 Å². The topological polar surface area (TPSA) is 107 Å². The molecular formula is C26H28Cl2N2O6S. The van der Waals surface area contributed by atoms with Crippen LogP contribution in [0.15, 0.2) is 41.3 Å². The third-order valence-corrected chi connectivity index (χ3v) is 8.66. The summed E-state index contributed by atoms with van der Waals surface area (Å²) in [6, 6.07) is 9.39. The van der Waals surface area contributed by atoms with Gasteiger partial charge in [0.2, 0.25) is 0 Å². The molecule has 1 amide bonds. The molecule has 1 aromatic heterocycles. The van der Waals surface area contributed by atoms with Crippen LogP contribution in [-0.2, 0) is 32.1 Å². The highest BCUT2D eigenvalue weighted by Gasteiger charge is 2.22. The van der Waals surface area contributed by atoms with Gasteiger partial charge in [0.25, 0.3) is 5.91 Å². The van der Waals surface area contributed by atoms with Gasteiger partial charge in [-0.15, -0.1) is 0 Å². The molecule has 2 N–H and O–H groups in total. The van der Waals surface area contributed by atoms with E-state index in [1.165, 1.54) is 0 Å². The molecule has 37 heavy (non-hydrogen) atoms. The number of amides is 1. The first kappa shape index (κ1) is 27.6. The first-order chi connectivity index (χ1) is 17.7. The lowest BCUT2D eigenvalue weighted by atomic mass is 10.1. The number of benzene rings is 2. The largest absolute Gasteiger partial charge is 0.461 e. The molecule has 1 aliphatic rings. The van der Waals surface area contributed by atoms with Crippen molar-refractivity contribution >= 4 is 56.8 Å². The second-order valence-corrected chi connectivity index (χ2v) is 11.1. The van der Waals surface area contributed by atoms with Crippen LogP contribution in [0.2, 0.25) is 10.0 Å². The van der Waals surface area contributed by atoms with Crippen LogP contribution in [0.3, 0.4) is 0 Å². The van der Waals surface area contributed by atoms with Crippen LogP contribution in [0.4, 0.5) is 0 Å². The molecule has 11 heteroatoms. The summed E-state index contributed by atoms with van der Waals surface area (Å²) in [6.45, 7) is 2.59. The number of hydrogen-bond acceptors (Lipinski definition) is 6. The first-order valence-electron chi connectivity index (χ1n) is 11.8. The minimum absolute atomic E-state index is 0.201. The summed E-state index contributed by atoms with van der Waals surface area (Å²) >= 11 is 12.7. The Labute approximate surface area is 227 Å². The Morgan fingerprint density at radius 3 is 2.51 bits per heavy atom. The second kappa shape index (κ2) is 12.0. The first-order valence-corrected chi connectivity index (χ1v) is 13.9. The van der Waals surface area contributed by atoms with Crippen molar-refractivity contribution < 1.29 is 28.4 Å². The van der Waals surface area contributed by atoms with Gasteiger partial charge in [-0.2, -0.15) is 0 Å². The molecule has 4 rings (SSSR count). The van der Waals surface area contributed by atoms with Crippen LogP contribution in [0.1, 0.15) is 40.5 Å². The number of rotatable bonds is 8. The molecule has 1 unspecified atom stereocenters. The molecule has 0 saturated carbocycles. The molecule has 0 spiro atoms. The van der Waals surface area contributed by atoms with Gasteiger partial charge in [-0.3, -0.25) is 13.8 Å². The number of esters is 1. The van der Waals surface area contributed by atoms with Gasteiger partial charge < -0.3 is 24.5 Å². The standard InChI is InChI=1S/C26H28Cl2N2O6S/c1-15-11-21-19(25(28)24(15)27)12-22(30(21)2)26(33)29-20(13-31)16-3-5-18(6-4-16)37(34)14-23(32)36-17-7-9-35-10-8-17/h3-6,11-12,17,20,31H,7-10,13-14H2,1-2H3,(H,29,33)/t20?,37-/m1/s1. The lowest BCUT2D eigenvalue weighted by molar-refractivity contribution is -0.149. The Morgan fingerprint density at radius 1 is 1.19 bits per heavy atom. The van der Waals surface area contributed by atoms with Crippen molar-refractivity contribution in [1.82, 2.24) is 9.88 Å².